The normalized spacial score (nSPS) is 17.5. The van der Waals surface area contributed by atoms with Crippen molar-refractivity contribution in [1.82, 2.24) is 15.5 Å². The van der Waals surface area contributed by atoms with Crippen LogP contribution in [0, 0.1) is 0 Å². The lowest BCUT2D eigenvalue weighted by Crippen LogP contribution is -2.23. The summed E-state index contributed by atoms with van der Waals surface area (Å²) in [5.74, 6) is 0.707. The molecule has 2 rings (SSSR count). The monoisotopic (exact) mass is 267 g/mol. The molecule has 0 unspecified atom stereocenters. The van der Waals surface area contributed by atoms with Crippen LogP contribution in [0.25, 0.3) is 0 Å². The Balaban J connectivity index is 1.75. The number of nitrogens with zero attached hydrogens (tertiary/aromatic N) is 2. The Morgan fingerprint density at radius 1 is 1.22 bits per heavy atom. The molecule has 1 heterocycles. The van der Waals surface area contributed by atoms with E-state index in [9.17, 15) is 0 Å². The van der Waals surface area contributed by atoms with E-state index in [0.717, 1.165) is 19.4 Å². The molecule has 3 nitrogen and oxygen atoms in total. The van der Waals surface area contributed by atoms with E-state index in [-0.39, 0.29) is 0 Å². The summed E-state index contributed by atoms with van der Waals surface area (Å²) in [6.07, 6.45) is 9.04. The fraction of sp³-hybridized carbons (Fsp3) is 0.857. The Morgan fingerprint density at radius 2 is 2.00 bits per heavy atom. The van der Waals surface area contributed by atoms with Gasteiger partial charge in [-0.3, -0.25) is 0 Å². The maximum Gasteiger partial charge on any atom is 0.120 e. The van der Waals surface area contributed by atoms with Crippen LogP contribution in [0.4, 0.5) is 0 Å². The molecule has 1 aromatic heterocycles. The molecule has 1 aromatic rings. The third kappa shape index (κ3) is 4.32. The first-order chi connectivity index (χ1) is 8.75. The van der Waals surface area contributed by atoms with Crippen LogP contribution in [0.2, 0.25) is 0 Å². The topological polar surface area (TPSA) is 37.8 Å². The largest absolute Gasteiger partial charge is 0.315 e. The molecule has 102 valence electrons. The standard InChI is InChI=1S/C14H25N3S/c1-11(2)15-10-6-9-13-16-17-14(18-13)12-7-4-3-5-8-12/h11-12,15H,3-10H2,1-2H3. The van der Waals surface area contributed by atoms with E-state index in [1.165, 1.54) is 42.1 Å². The van der Waals surface area contributed by atoms with Gasteiger partial charge in [-0.1, -0.05) is 33.1 Å². The first-order valence-corrected chi connectivity index (χ1v) is 8.13. The van der Waals surface area contributed by atoms with E-state index in [2.05, 4.69) is 29.4 Å². The highest BCUT2D eigenvalue weighted by Gasteiger charge is 2.19. The van der Waals surface area contributed by atoms with Gasteiger partial charge in [-0.15, -0.1) is 21.5 Å². The highest BCUT2D eigenvalue weighted by Crippen LogP contribution is 2.34. The highest BCUT2D eigenvalue weighted by molar-refractivity contribution is 7.11. The molecule has 0 aromatic carbocycles. The summed E-state index contributed by atoms with van der Waals surface area (Å²) < 4.78 is 0. The second-order valence-corrected chi connectivity index (χ2v) is 6.68. The second-order valence-electron chi connectivity index (χ2n) is 5.58. The van der Waals surface area contributed by atoms with E-state index in [1.54, 1.807) is 0 Å². The van der Waals surface area contributed by atoms with Gasteiger partial charge in [-0.25, -0.2) is 0 Å². The molecule has 1 fully saturated rings. The van der Waals surface area contributed by atoms with E-state index in [1.807, 2.05) is 11.3 Å². The number of nitrogens with one attached hydrogen (secondary N) is 1. The quantitative estimate of drug-likeness (QED) is 0.801. The van der Waals surface area contributed by atoms with E-state index < -0.39 is 0 Å². The van der Waals surface area contributed by atoms with Crippen LogP contribution in [0.3, 0.4) is 0 Å². The summed E-state index contributed by atoms with van der Waals surface area (Å²) in [5, 5.41) is 14.7. The van der Waals surface area contributed by atoms with Crippen molar-refractivity contribution in [2.75, 3.05) is 6.54 Å². The summed E-state index contributed by atoms with van der Waals surface area (Å²) in [6, 6.07) is 0.581. The van der Waals surface area contributed by atoms with Gasteiger partial charge in [0.05, 0.1) is 0 Å². The minimum atomic E-state index is 0.581. The Hall–Kier alpha value is -0.480. The lowest BCUT2D eigenvalue weighted by molar-refractivity contribution is 0.440. The lowest BCUT2D eigenvalue weighted by Gasteiger charge is -2.18. The molecule has 1 N–H and O–H groups in total. The molecule has 1 aliphatic rings. The predicted octanol–water partition coefficient (Wildman–Crippen LogP) is 3.52. The molecule has 4 heteroatoms. The van der Waals surface area contributed by atoms with Gasteiger partial charge in [0, 0.05) is 18.4 Å². The number of hydrogen-bond donors (Lipinski definition) is 1. The number of hydrogen-bond acceptors (Lipinski definition) is 4. The Kier molecular flexibility index (Phi) is 5.57. The van der Waals surface area contributed by atoms with Gasteiger partial charge in [0.25, 0.3) is 0 Å². The van der Waals surface area contributed by atoms with Crippen LogP contribution in [0.5, 0.6) is 0 Å². The van der Waals surface area contributed by atoms with Crippen molar-refractivity contribution < 1.29 is 0 Å². The van der Waals surface area contributed by atoms with Crippen molar-refractivity contribution in [3.63, 3.8) is 0 Å². The van der Waals surface area contributed by atoms with Crippen LogP contribution in [0.1, 0.15) is 68.3 Å². The van der Waals surface area contributed by atoms with Crippen molar-refractivity contribution >= 4 is 11.3 Å². The minimum absolute atomic E-state index is 0.581. The van der Waals surface area contributed by atoms with Gasteiger partial charge in [0.2, 0.25) is 0 Å². The highest BCUT2D eigenvalue weighted by atomic mass is 32.1. The van der Waals surface area contributed by atoms with Crippen LogP contribution >= 0.6 is 11.3 Å². The second kappa shape index (κ2) is 7.19. The van der Waals surface area contributed by atoms with Gasteiger partial charge >= 0.3 is 0 Å². The third-order valence-corrected chi connectivity index (χ3v) is 4.70. The zero-order chi connectivity index (χ0) is 12.8. The van der Waals surface area contributed by atoms with E-state index >= 15 is 0 Å². The van der Waals surface area contributed by atoms with Crippen LogP contribution < -0.4 is 5.32 Å². The number of rotatable bonds is 6. The molecular formula is C14H25N3S. The van der Waals surface area contributed by atoms with Gasteiger partial charge in [-0.05, 0) is 25.8 Å². The predicted molar refractivity (Wildman–Crippen MR) is 77.2 cm³/mol. The smallest absolute Gasteiger partial charge is 0.120 e. The van der Waals surface area contributed by atoms with Gasteiger partial charge < -0.3 is 5.32 Å². The summed E-state index contributed by atoms with van der Waals surface area (Å²) in [6.45, 7) is 5.45. The molecule has 0 aliphatic heterocycles. The van der Waals surface area contributed by atoms with Crippen LogP contribution in [0.15, 0.2) is 0 Å². The van der Waals surface area contributed by atoms with Crippen molar-refractivity contribution in [3.8, 4) is 0 Å². The van der Waals surface area contributed by atoms with Crippen molar-refractivity contribution in [2.45, 2.75) is 70.8 Å². The first kappa shape index (κ1) is 13.9. The Labute approximate surface area is 114 Å². The molecule has 0 saturated heterocycles. The Bertz CT molecular complexity index is 343. The third-order valence-electron chi connectivity index (χ3n) is 3.56. The summed E-state index contributed by atoms with van der Waals surface area (Å²) >= 11 is 1.85. The minimum Gasteiger partial charge on any atom is -0.315 e. The SMILES string of the molecule is CC(C)NCCCc1nnc(C2CCCCC2)s1. The van der Waals surface area contributed by atoms with Crippen molar-refractivity contribution in [2.24, 2.45) is 0 Å². The fourth-order valence-corrected chi connectivity index (χ4v) is 3.57. The van der Waals surface area contributed by atoms with Crippen molar-refractivity contribution in [3.05, 3.63) is 10.0 Å². The van der Waals surface area contributed by atoms with Crippen LogP contribution in [-0.2, 0) is 6.42 Å². The Morgan fingerprint density at radius 3 is 2.72 bits per heavy atom. The summed E-state index contributed by atoms with van der Waals surface area (Å²) in [5.41, 5.74) is 0. The zero-order valence-corrected chi connectivity index (χ0v) is 12.4. The molecule has 0 bridgehead atoms. The number of aromatic nitrogens is 2. The first-order valence-electron chi connectivity index (χ1n) is 7.31. The van der Waals surface area contributed by atoms with Gasteiger partial charge in [0.15, 0.2) is 0 Å². The van der Waals surface area contributed by atoms with Gasteiger partial charge in [0.1, 0.15) is 10.0 Å². The lowest BCUT2D eigenvalue weighted by atomic mass is 9.90. The molecule has 1 aliphatic carbocycles. The maximum atomic E-state index is 4.40. The molecule has 0 radical (unpaired) electrons. The zero-order valence-electron chi connectivity index (χ0n) is 11.6. The number of aryl methyl sites for hydroxylation is 1. The summed E-state index contributed by atoms with van der Waals surface area (Å²) in [7, 11) is 0. The van der Waals surface area contributed by atoms with Crippen LogP contribution in [-0.4, -0.2) is 22.8 Å². The molecule has 0 spiro atoms. The fourth-order valence-electron chi connectivity index (χ4n) is 2.51. The molecule has 0 atom stereocenters. The molecular weight excluding hydrogens is 242 g/mol. The average Bonchev–Trinajstić information content (AvgIpc) is 2.84. The molecule has 18 heavy (non-hydrogen) atoms. The molecule has 1 saturated carbocycles. The van der Waals surface area contributed by atoms with Gasteiger partial charge in [-0.2, -0.15) is 0 Å². The molecule has 0 amide bonds. The average molecular weight is 267 g/mol. The van der Waals surface area contributed by atoms with E-state index in [0.29, 0.717) is 12.0 Å². The summed E-state index contributed by atoms with van der Waals surface area (Å²) in [4.78, 5) is 0. The maximum absolute atomic E-state index is 4.40. The van der Waals surface area contributed by atoms with E-state index in [4.69, 9.17) is 0 Å². The van der Waals surface area contributed by atoms with Crippen molar-refractivity contribution in [1.29, 1.82) is 0 Å².